The lowest BCUT2D eigenvalue weighted by molar-refractivity contribution is -0.120. The van der Waals surface area contributed by atoms with Gasteiger partial charge in [0.2, 0.25) is 0 Å². The van der Waals surface area contributed by atoms with Crippen molar-refractivity contribution in [3.05, 3.63) is 60.0 Å². The summed E-state index contributed by atoms with van der Waals surface area (Å²) in [5.41, 5.74) is 3.62. The first kappa shape index (κ1) is 24.6. The summed E-state index contributed by atoms with van der Waals surface area (Å²) in [6, 6.07) is 15.2. The molecule has 0 radical (unpaired) electrons. The summed E-state index contributed by atoms with van der Waals surface area (Å²) in [7, 11) is 1.43. The van der Waals surface area contributed by atoms with Crippen LogP contribution in [0.3, 0.4) is 0 Å². The topological polar surface area (TPSA) is 71.2 Å². The molecule has 6 nitrogen and oxygen atoms in total. The van der Waals surface area contributed by atoms with E-state index in [1.165, 1.54) is 18.7 Å². The highest BCUT2D eigenvalue weighted by atomic mass is 19.1. The van der Waals surface area contributed by atoms with E-state index in [2.05, 4.69) is 23.1 Å². The minimum absolute atomic E-state index is 0.124. The van der Waals surface area contributed by atoms with Crippen LogP contribution in [0.4, 0.5) is 4.39 Å². The fourth-order valence-electron chi connectivity index (χ4n) is 4.38. The second-order valence-corrected chi connectivity index (χ2v) is 9.60. The summed E-state index contributed by atoms with van der Waals surface area (Å²) in [5.74, 6) is 0.871. The number of nitriles is 1. The van der Waals surface area contributed by atoms with Crippen molar-refractivity contribution >= 4 is 5.78 Å². The largest absolute Gasteiger partial charge is 0.494 e. The van der Waals surface area contributed by atoms with E-state index in [1.54, 1.807) is 12.1 Å². The van der Waals surface area contributed by atoms with E-state index in [9.17, 15) is 9.18 Å². The number of carbonyl (C=O) groups is 1. The Morgan fingerprint density at radius 3 is 2.57 bits per heavy atom. The number of rotatable bonds is 10. The van der Waals surface area contributed by atoms with Crippen molar-refractivity contribution in [1.82, 2.24) is 14.5 Å². The smallest absolute Gasteiger partial charge is 0.165 e. The van der Waals surface area contributed by atoms with E-state index in [4.69, 9.17) is 15.0 Å². The standard InChI is InChI=1S/C28H31FN4O2/c1-19(2)12-24(34)17-33-18-26(31-28(33)23-8-9-25(29)27(13-23)35-3)22-6-4-20(5-7-22)10-11-32-15-21(14-30)16-32/h4-9,13,18-19,21H,10-12,15-17H2,1-3H3. The number of likely N-dealkylation sites (tertiary alicyclic amines) is 1. The van der Waals surface area contributed by atoms with Crippen LogP contribution in [0.25, 0.3) is 22.6 Å². The highest BCUT2D eigenvalue weighted by Gasteiger charge is 2.25. The lowest BCUT2D eigenvalue weighted by Crippen LogP contribution is -2.46. The number of carbonyl (C=O) groups excluding carboxylic acids is 1. The molecule has 0 saturated carbocycles. The number of nitrogens with zero attached hydrogens (tertiary/aromatic N) is 4. The van der Waals surface area contributed by atoms with Crippen LogP contribution in [0.15, 0.2) is 48.7 Å². The molecule has 1 fully saturated rings. The maximum atomic E-state index is 14.0. The van der Waals surface area contributed by atoms with Gasteiger partial charge < -0.3 is 14.2 Å². The lowest BCUT2D eigenvalue weighted by Gasteiger charge is -2.35. The monoisotopic (exact) mass is 474 g/mol. The van der Waals surface area contributed by atoms with Gasteiger partial charge in [0, 0.05) is 43.4 Å². The molecule has 2 aromatic carbocycles. The highest BCUT2D eigenvalue weighted by molar-refractivity contribution is 5.79. The normalized spacial score (nSPS) is 14.1. The van der Waals surface area contributed by atoms with E-state index in [-0.39, 0.29) is 29.9 Å². The Morgan fingerprint density at radius 2 is 1.91 bits per heavy atom. The summed E-state index contributed by atoms with van der Waals surface area (Å²) in [4.78, 5) is 19.7. The van der Waals surface area contributed by atoms with Crippen molar-refractivity contribution < 1.29 is 13.9 Å². The number of Topliss-reactive ketones (excluding diaryl/α,β-unsaturated/α-hetero) is 1. The van der Waals surface area contributed by atoms with Gasteiger partial charge in [-0.25, -0.2) is 9.37 Å². The van der Waals surface area contributed by atoms with Gasteiger partial charge in [-0.1, -0.05) is 38.1 Å². The van der Waals surface area contributed by atoms with Gasteiger partial charge in [0.15, 0.2) is 17.3 Å². The molecule has 35 heavy (non-hydrogen) atoms. The second kappa shape index (κ2) is 10.8. The molecular formula is C28H31FN4O2. The van der Waals surface area contributed by atoms with Gasteiger partial charge in [0.1, 0.15) is 5.82 Å². The zero-order chi connectivity index (χ0) is 24.9. The lowest BCUT2D eigenvalue weighted by atomic mass is 10.0. The van der Waals surface area contributed by atoms with E-state index in [1.807, 2.05) is 36.7 Å². The Hall–Kier alpha value is -3.50. The Kier molecular flexibility index (Phi) is 7.62. The number of halogens is 1. The van der Waals surface area contributed by atoms with Gasteiger partial charge in [0.05, 0.1) is 31.3 Å². The maximum Gasteiger partial charge on any atom is 0.165 e. The van der Waals surface area contributed by atoms with Crippen LogP contribution in [0.1, 0.15) is 25.8 Å². The Balaban J connectivity index is 1.56. The number of methoxy groups -OCH3 is 1. The number of imidazole rings is 1. The third-order valence-corrected chi connectivity index (χ3v) is 6.27. The third kappa shape index (κ3) is 5.95. The molecule has 0 bridgehead atoms. The SMILES string of the molecule is COc1cc(-c2nc(-c3ccc(CCN4CC(C#N)C4)cc3)cn2CC(=O)CC(C)C)ccc1F. The molecule has 7 heteroatoms. The van der Waals surface area contributed by atoms with Crippen LogP contribution in [0, 0.1) is 29.0 Å². The molecule has 4 rings (SSSR count). The number of hydrogen-bond donors (Lipinski definition) is 0. The number of ether oxygens (including phenoxy) is 1. The van der Waals surface area contributed by atoms with Crippen molar-refractivity contribution in [2.75, 3.05) is 26.7 Å². The maximum absolute atomic E-state index is 14.0. The third-order valence-electron chi connectivity index (χ3n) is 6.27. The zero-order valence-corrected chi connectivity index (χ0v) is 20.5. The Morgan fingerprint density at radius 1 is 1.20 bits per heavy atom. The molecule has 2 heterocycles. The van der Waals surface area contributed by atoms with Crippen LogP contribution in [0.2, 0.25) is 0 Å². The number of hydrogen-bond acceptors (Lipinski definition) is 5. The molecule has 0 spiro atoms. The molecule has 1 aromatic heterocycles. The number of aromatic nitrogens is 2. The summed E-state index contributed by atoms with van der Waals surface area (Å²) < 4.78 is 21.0. The van der Waals surface area contributed by atoms with Gasteiger partial charge in [-0.05, 0) is 36.1 Å². The molecule has 0 aliphatic carbocycles. The van der Waals surface area contributed by atoms with Crippen molar-refractivity contribution in [3.63, 3.8) is 0 Å². The molecule has 0 N–H and O–H groups in total. The zero-order valence-electron chi connectivity index (χ0n) is 20.5. The van der Waals surface area contributed by atoms with E-state index in [0.717, 1.165) is 37.3 Å². The number of benzene rings is 2. The summed E-state index contributed by atoms with van der Waals surface area (Å²) in [6.07, 6.45) is 3.30. The molecule has 0 unspecified atom stereocenters. The van der Waals surface area contributed by atoms with Crippen molar-refractivity contribution in [3.8, 4) is 34.5 Å². The van der Waals surface area contributed by atoms with Gasteiger partial charge in [-0.2, -0.15) is 5.26 Å². The van der Waals surface area contributed by atoms with Crippen LogP contribution < -0.4 is 4.74 Å². The minimum atomic E-state index is -0.442. The van der Waals surface area contributed by atoms with Gasteiger partial charge >= 0.3 is 0 Å². The fraction of sp³-hybridized carbons (Fsp3) is 0.393. The molecule has 0 amide bonds. The van der Waals surface area contributed by atoms with E-state index >= 15 is 0 Å². The number of ketones is 1. The molecule has 1 aliphatic rings. The molecule has 1 aliphatic heterocycles. The van der Waals surface area contributed by atoms with Crippen molar-refractivity contribution in [2.24, 2.45) is 11.8 Å². The molecule has 3 aromatic rings. The average Bonchev–Trinajstić information content (AvgIpc) is 3.22. The first-order chi connectivity index (χ1) is 16.9. The average molecular weight is 475 g/mol. The Bertz CT molecular complexity index is 1220. The summed E-state index contributed by atoms with van der Waals surface area (Å²) in [6.45, 7) is 6.91. The molecule has 0 atom stereocenters. The van der Waals surface area contributed by atoms with Crippen molar-refractivity contribution in [1.29, 1.82) is 5.26 Å². The highest BCUT2D eigenvalue weighted by Crippen LogP contribution is 2.29. The quantitative estimate of drug-likeness (QED) is 0.415. The molecular weight excluding hydrogens is 443 g/mol. The fourth-order valence-corrected chi connectivity index (χ4v) is 4.38. The van der Waals surface area contributed by atoms with Gasteiger partial charge in [-0.15, -0.1) is 0 Å². The molecule has 1 saturated heterocycles. The van der Waals surface area contributed by atoms with E-state index < -0.39 is 5.82 Å². The predicted molar refractivity (Wildman–Crippen MR) is 133 cm³/mol. The van der Waals surface area contributed by atoms with Crippen LogP contribution in [-0.2, 0) is 17.8 Å². The minimum Gasteiger partial charge on any atom is -0.494 e. The molecule has 182 valence electrons. The first-order valence-corrected chi connectivity index (χ1v) is 12.0. The van der Waals surface area contributed by atoms with Gasteiger partial charge in [-0.3, -0.25) is 4.79 Å². The van der Waals surface area contributed by atoms with Gasteiger partial charge in [0.25, 0.3) is 0 Å². The predicted octanol–water partition coefficient (Wildman–Crippen LogP) is 4.98. The van der Waals surface area contributed by atoms with Crippen LogP contribution >= 0.6 is 0 Å². The second-order valence-electron chi connectivity index (χ2n) is 9.60. The van der Waals surface area contributed by atoms with Crippen LogP contribution in [0.5, 0.6) is 5.75 Å². The summed E-state index contributed by atoms with van der Waals surface area (Å²) >= 11 is 0. The first-order valence-electron chi connectivity index (χ1n) is 12.0. The van der Waals surface area contributed by atoms with E-state index in [0.29, 0.717) is 17.8 Å². The summed E-state index contributed by atoms with van der Waals surface area (Å²) in [5, 5.41) is 8.92. The van der Waals surface area contributed by atoms with Crippen molar-refractivity contribution in [2.45, 2.75) is 33.2 Å². The Labute approximate surface area is 206 Å². The van der Waals surface area contributed by atoms with Crippen LogP contribution in [-0.4, -0.2) is 47.0 Å².